The van der Waals surface area contributed by atoms with E-state index in [0.717, 1.165) is 5.76 Å². The number of nitrogens with zero attached hydrogens (tertiary/aromatic N) is 2. The molecule has 7 nitrogen and oxygen atoms in total. The minimum absolute atomic E-state index is 0.0743. The van der Waals surface area contributed by atoms with E-state index in [1.54, 1.807) is 17.2 Å². The third-order valence-electron chi connectivity index (χ3n) is 4.32. The van der Waals surface area contributed by atoms with Crippen molar-refractivity contribution in [3.63, 3.8) is 0 Å². The Balaban J connectivity index is 1.78. The van der Waals surface area contributed by atoms with Crippen molar-refractivity contribution in [1.29, 1.82) is 5.41 Å². The Kier molecular flexibility index (Phi) is 5.35. The fourth-order valence-electron chi connectivity index (χ4n) is 3.04. The Labute approximate surface area is 157 Å². The number of rotatable bonds is 5. The molecule has 2 aliphatic heterocycles. The lowest BCUT2D eigenvalue weighted by Crippen LogP contribution is -2.35. The Morgan fingerprint density at radius 3 is 3.04 bits per heavy atom. The highest BCUT2D eigenvalue weighted by molar-refractivity contribution is 9.18. The minimum Gasteiger partial charge on any atom is -0.615 e. The number of ether oxygens (including phenoxy) is 1. The van der Waals surface area contributed by atoms with Gasteiger partial charge in [-0.3, -0.25) is 15.2 Å². The van der Waals surface area contributed by atoms with E-state index in [0.29, 0.717) is 30.0 Å². The van der Waals surface area contributed by atoms with Crippen molar-refractivity contribution in [1.82, 2.24) is 9.88 Å². The van der Waals surface area contributed by atoms with Gasteiger partial charge in [0.15, 0.2) is 5.88 Å². The van der Waals surface area contributed by atoms with Gasteiger partial charge in [0, 0.05) is 18.3 Å². The highest BCUT2D eigenvalue weighted by atomic mass is 79.9. The van der Waals surface area contributed by atoms with E-state index in [4.69, 9.17) is 10.1 Å². The van der Waals surface area contributed by atoms with E-state index in [9.17, 15) is 9.35 Å². The number of pyridine rings is 1. The van der Waals surface area contributed by atoms with Crippen LogP contribution in [0.25, 0.3) is 0 Å². The number of aromatic nitrogens is 1. The molecule has 1 aromatic rings. The Morgan fingerprint density at radius 1 is 1.64 bits per heavy atom. The van der Waals surface area contributed by atoms with Crippen LogP contribution in [-0.4, -0.2) is 56.3 Å². The van der Waals surface area contributed by atoms with Gasteiger partial charge in [-0.1, -0.05) is 0 Å². The number of anilines is 1. The zero-order valence-corrected chi connectivity index (χ0v) is 16.3. The van der Waals surface area contributed by atoms with Gasteiger partial charge in [0.05, 0.1) is 24.4 Å². The lowest BCUT2D eigenvalue weighted by atomic mass is 9.97. The maximum atomic E-state index is 12.8. The zero-order valence-electron chi connectivity index (χ0n) is 13.9. The molecule has 1 aromatic heterocycles. The molecule has 2 aliphatic rings. The van der Waals surface area contributed by atoms with Crippen molar-refractivity contribution in [2.45, 2.75) is 13.0 Å². The molecule has 0 saturated carbocycles. The predicted octanol–water partition coefficient (Wildman–Crippen LogP) is 1.92. The molecular weight excluding hydrogens is 408 g/mol. The molecule has 3 atom stereocenters. The van der Waals surface area contributed by atoms with Crippen molar-refractivity contribution >= 4 is 43.3 Å². The Morgan fingerprint density at radius 2 is 2.40 bits per heavy atom. The average molecular weight is 427 g/mol. The van der Waals surface area contributed by atoms with Gasteiger partial charge in [0.2, 0.25) is 0 Å². The number of likely N-dealkylation sites (tertiary alicyclic amines) is 1. The van der Waals surface area contributed by atoms with Crippen LogP contribution in [0.4, 0.5) is 5.69 Å². The summed E-state index contributed by atoms with van der Waals surface area (Å²) in [7, 11) is 0. The molecule has 2 N–H and O–H groups in total. The van der Waals surface area contributed by atoms with Gasteiger partial charge in [0.1, 0.15) is 22.2 Å². The molecule has 0 spiro atoms. The van der Waals surface area contributed by atoms with Crippen LogP contribution in [0.1, 0.15) is 23.0 Å². The normalized spacial score (nSPS) is 24.3. The van der Waals surface area contributed by atoms with Gasteiger partial charge in [-0.2, -0.15) is 0 Å². The largest absolute Gasteiger partial charge is 0.615 e. The summed E-state index contributed by atoms with van der Waals surface area (Å²) in [6.07, 6.45) is 5.07. The molecule has 2 fully saturated rings. The highest BCUT2D eigenvalue weighted by Crippen LogP contribution is 2.38. The molecule has 3 unspecified atom stereocenters. The molecule has 25 heavy (non-hydrogen) atoms. The Bertz CT molecular complexity index is 740. The zero-order chi connectivity index (χ0) is 18.1. The number of amides is 1. The molecule has 9 heteroatoms. The van der Waals surface area contributed by atoms with Gasteiger partial charge >= 0.3 is 0 Å². The number of carbonyl (C=O) groups excluding carboxylic acids is 1. The summed E-state index contributed by atoms with van der Waals surface area (Å²) < 4.78 is 17.1. The molecular formula is C16H19BrN4O3S. The number of hydrogen-bond donors (Lipinski definition) is 2. The van der Waals surface area contributed by atoms with Gasteiger partial charge in [-0.15, -0.1) is 0 Å². The summed E-state index contributed by atoms with van der Waals surface area (Å²) in [6.45, 7) is 3.12. The fraction of sp³-hybridized carbons (Fsp3) is 0.438. The second-order valence-corrected chi connectivity index (χ2v) is 8.22. The van der Waals surface area contributed by atoms with Crippen molar-refractivity contribution in [2.24, 2.45) is 5.92 Å². The molecule has 0 aliphatic carbocycles. The second kappa shape index (κ2) is 7.35. The second-order valence-electron chi connectivity index (χ2n) is 5.99. The number of carbonyl (C=O) groups is 1. The number of halogens is 1. The first-order valence-corrected chi connectivity index (χ1v) is 10.3. The minimum atomic E-state index is -1.05. The monoisotopic (exact) mass is 426 g/mol. The third kappa shape index (κ3) is 3.68. The van der Waals surface area contributed by atoms with E-state index in [1.165, 1.54) is 6.20 Å². The topological polar surface area (TPSA) is 101 Å². The van der Waals surface area contributed by atoms with Crippen LogP contribution < -0.4 is 5.32 Å². The summed E-state index contributed by atoms with van der Waals surface area (Å²) >= 11 is 2.07. The maximum absolute atomic E-state index is 12.8. The van der Waals surface area contributed by atoms with E-state index in [2.05, 4.69) is 26.2 Å². The molecule has 2 saturated heterocycles. The van der Waals surface area contributed by atoms with Crippen LogP contribution in [0.2, 0.25) is 0 Å². The van der Waals surface area contributed by atoms with Crippen molar-refractivity contribution in [3.05, 3.63) is 35.4 Å². The van der Waals surface area contributed by atoms with E-state index in [1.807, 2.05) is 13.0 Å². The van der Waals surface area contributed by atoms with E-state index >= 15 is 0 Å². The average Bonchev–Trinajstić information content (AvgIpc) is 2.89. The van der Waals surface area contributed by atoms with Crippen LogP contribution in [0.3, 0.4) is 0 Å². The smallest absolute Gasteiger partial charge is 0.272 e. The van der Waals surface area contributed by atoms with E-state index < -0.39 is 11.2 Å². The van der Waals surface area contributed by atoms with Crippen LogP contribution in [0, 0.1) is 11.3 Å². The molecule has 1 amide bonds. The Hall–Kier alpha value is -1.58. The first-order valence-electron chi connectivity index (χ1n) is 7.81. The predicted molar refractivity (Wildman–Crippen MR) is 101 cm³/mol. The van der Waals surface area contributed by atoms with Gasteiger partial charge in [0.25, 0.3) is 5.91 Å². The number of fused-ring (bicyclic) bond motifs is 1. The summed E-state index contributed by atoms with van der Waals surface area (Å²) in [5, 5.41) is 10.8. The molecule has 0 aromatic carbocycles. The third-order valence-corrected chi connectivity index (χ3v) is 5.29. The van der Waals surface area contributed by atoms with Crippen molar-refractivity contribution < 1.29 is 14.1 Å². The molecule has 3 rings (SSSR count). The molecule has 0 radical (unpaired) electrons. The molecule has 0 bridgehead atoms. The van der Waals surface area contributed by atoms with Gasteiger partial charge < -0.3 is 19.5 Å². The standard InChI is InChI=1S/C16H19BrN4O3S/c1-3-13-10-6-21(7-14(10)24-13)16(22)12-4-11(20-8-25(2)23)9(5-19-12)15(17)18/h3-5,10,14,18H,6-8H2,1-2H3,(H,19,20)/b13-3+,18-15?. The fourth-order valence-corrected chi connectivity index (χ4v) is 3.71. The number of nitrogens with one attached hydrogen (secondary N) is 2. The number of allylic oxidation sites excluding steroid dienone is 1. The summed E-state index contributed by atoms with van der Waals surface area (Å²) in [5.74, 6) is 1.30. The van der Waals surface area contributed by atoms with E-state index in [-0.39, 0.29) is 28.4 Å². The first kappa shape index (κ1) is 18.2. The van der Waals surface area contributed by atoms with Gasteiger partial charge in [-0.05, 0) is 46.2 Å². The lowest BCUT2D eigenvalue weighted by Gasteiger charge is -2.33. The van der Waals surface area contributed by atoms with Crippen LogP contribution in [-0.2, 0) is 15.9 Å². The highest BCUT2D eigenvalue weighted by Gasteiger charge is 2.47. The quantitative estimate of drug-likeness (QED) is 0.553. The maximum Gasteiger partial charge on any atom is 0.272 e. The van der Waals surface area contributed by atoms with Crippen LogP contribution >= 0.6 is 15.9 Å². The van der Waals surface area contributed by atoms with Crippen LogP contribution in [0.15, 0.2) is 24.1 Å². The SMILES string of the molecule is C/C=C1/OC2CN(C(=O)c3cc(NC[S+](C)[O-])c(C(=N)Br)cn3)CC12. The number of hydrogen-bond acceptors (Lipinski definition) is 6. The van der Waals surface area contributed by atoms with Crippen LogP contribution in [0.5, 0.6) is 0 Å². The van der Waals surface area contributed by atoms with Crippen molar-refractivity contribution in [3.8, 4) is 0 Å². The lowest BCUT2D eigenvalue weighted by molar-refractivity contribution is -0.0105. The molecule has 3 heterocycles. The first-order chi connectivity index (χ1) is 11.9. The summed E-state index contributed by atoms with van der Waals surface area (Å²) in [6, 6.07) is 1.61. The van der Waals surface area contributed by atoms with Gasteiger partial charge in [-0.25, -0.2) is 0 Å². The summed E-state index contributed by atoms with van der Waals surface area (Å²) in [5.41, 5.74) is 1.37. The molecule has 134 valence electrons. The van der Waals surface area contributed by atoms with Crippen molar-refractivity contribution in [2.75, 3.05) is 30.5 Å². The summed E-state index contributed by atoms with van der Waals surface area (Å²) in [4.78, 5) is 18.7.